The minimum atomic E-state index is -3.13. The standard InChI is InChI=1S/C16H27FN4O2S.HI/c1-4-24(22,23)21(3)13-7-11-19-16(18-2)20-12-10-14-8-5-6-9-15(14)17;/h5-6,8-9H,4,7,10-13H2,1-3H3,(H2,18,19,20);1H. The first-order valence-electron chi connectivity index (χ1n) is 8.02. The van der Waals surface area contributed by atoms with Gasteiger partial charge in [0.1, 0.15) is 5.82 Å². The van der Waals surface area contributed by atoms with Crippen molar-refractivity contribution >= 4 is 40.0 Å². The summed E-state index contributed by atoms with van der Waals surface area (Å²) in [5, 5.41) is 6.23. The predicted molar refractivity (Wildman–Crippen MR) is 112 cm³/mol. The van der Waals surface area contributed by atoms with E-state index in [4.69, 9.17) is 0 Å². The highest BCUT2D eigenvalue weighted by Crippen LogP contribution is 2.06. The van der Waals surface area contributed by atoms with E-state index in [1.165, 1.54) is 10.4 Å². The summed E-state index contributed by atoms with van der Waals surface area (Å²) < 4.78 is 38.1. The van der Waals surface area contributed by atoms with Crippen molar-refractivity contribution in [1.29, 1.82) is 0 Å². The van der Waals surface area contributed by atoms with E-state index in [0.717, 1.165) is 0 Å². The van der Waals surface area contributed by atoms with Crippen molar-refractivity contribution in [2.75, 3.05) is 39.5 Å². The highest BCUT2D eigenvalue weighted by molar-refractivity contribution is 14.0. The Bertz CT molecular complexity index is 641. The quantitative estimate of drug-likeness (QED) is 0.242. The van der Waals surface area contributed by atoms with Crippen LogP contribution in [0.4, 0.5) is 4.39 Å². The van der Waals surface area contributed by atoms with Crippen molar-refractivity contribution < 1.29 is 12.8 Å². The molecule has 2 N–H and O–H groups in total. The Morgan fingerprint density at radius 3 is 2.48 bits per heavy atom. The SMILES string of the molecule is CCS(=O)(=O)N(C)CCCNC(=NC)NCCc1ccccc1F.I. The largest absolute Gasteiger partial charge is 0.356 e. The molecule has 1 rings (SSSR count). The van der Waals surface area contributed by atoms with E-state index < -0.39 is 10.0 Å². The number of rotatable bonds is 9. The Balaban J connectivity index is 0.00000576. The summed E-state index contributed by atoms with van der Waals surface area (Å²) in [6.45, 7) is 3.24. The van der Waals surface area contributed by atoms with Crippen LogP contribution < -0.4 is 10.6 Å². The molecule has 0 radical (unpaired) electrons. The number of nitrogens with zero attached hydrogens (tertiary/aromatic N) is 2. The van der Waals surface area contributed by atoms with Crippen LogP contribution in [0.25, 0.3) is 0 Å². The molecule has 0 aliphatic heterocycles. The first-order valence-corrected chi connectivity index (χ1v) is 9.63. The molecule has 0 atom stereocenters. The summed E-state index contributed by atoms with van der Waals surface area (Å²) in [6.07, 6.45) is 1.23. The maximum absolute atomic E-state index is 13.5. The van der Waals surface area contributed by atoms with Crippen molar-refractivity contribution in [1.82, 2.24) is 14.9 Å². The number of hydrogen-bond acceptors (Lipinski definition) is 3. The van der Waals surface area contributed by atoms with Crippen molar-refractivity contribution in [2.24, 2.45) is 4.99 Å². The van der Waals surface area contributed by atoms with E-state index in [9.17, 15) is 12.8 Å². The molecule has 0 unspecified atom stereocenters. The lowest BCUT2D eigenvalue weighted by Gasteiger charge is -2.17. The summed E-state index contributed by atoms with van der Waals surface area (Å²) >= 11 is 0. The lowest BCUT2D eigenvalue weighted by Crippen LogP contribution is -2.40. The normalized spacial score (nSPS) is 12.0. The van der Waals surface area contributed by atoms with Gasteiger partial charge in [-0.25, -0.2) is 17.1 Å². The van der Waals surface area contributed by atoms with Crippen molar-refractivity contribution in [2.45, 2.75) is 19.8 Å². The summed E-state index contributed by atoms with van der Waals surface area (Å²) in [4.78, 5) is 4.09. The second-order valence-electron chi connectivity index (χ2n) is 5.34. The van der Waals surface area contributed by atoms with Crippen LogP contribution in [0.15, 0.2) is 29.3 Å². The van der Waals surface area contributed by atoms with Crippen LogP contribution in [0, 0.1) is 5.82 Å². The fourth-order valence-corrected chi connectivity index (χ4v) is 2.95. The molecule has 0 heterocycles. The molecule has 0 spiro atoms. The lowest BCUT2D eigenvalue weighted by atomic mass is 10.1. The van der Waals surface area contributed by atoms with Gasteiger partial charge in [0.05, 0.1) is 5.75 Å². The predicted octanol–water partition coefficient (Wildman–Crippen LogP) is 1.82. The van der Waals surface area contributed by atoms with E-state index in [1.54, 1.807) is 33.2 Å². The molecule has 144 valence electrons. The first kappa shape index (κ1) is 24.1. The molecule has 1 aromatic rings. The van der Waals surface area contributed by atoms with Gasteiger partial charge in [-0.3, -0.25) is 4.99 Å². The van der Waals surface area contributed by atoms with E-state index >= 15 is 0 Å². The Morgan fingerprint density at radius 2 is 1.88 bits per heavy atom. The third-order valence-electron chi connectivity index (χ3n) is 3.65. The molecule has 0 saturated heterocycles. The Kier molecular flexibility index (Phi) is 12.0. The number of guanidine groups is 1. The number of halogens is 2. The third-order valence-corrected chi connectivity index (χ3v) is 5.51. The summed E-state index contributed by atoms with van der Waals surface area (Å²) in [6, 6.07) is 6.69. The van der Waals surface area contributed by atoms with E-state index in [-0.39, 0.29) is 35.5 Å². The first-order chi connectivity index (χ1) is 11.4. The summed E-state index contributed by atoms with van der Waals surface area (Å²) in [5.74, 6) is 0.519. The molecule has 1 aromatic carbocycles. The summed E-state index contributed by atoms with van der Waals surface area (Å²) in [5.41, 5.74) is 0.659. The third kappa shape index (κ3) is 8.82. The van der Waals surface area contributed by atoms with Gasteiger partial charge in [0.15, 0.2) is 5.96 Å². The maximum atomic E-state index is 13.5. The minimum absolute atomic E-state index is 0. The molecule has 0 bridgehead atoms. The van der Waals surface area contributed by atoms with Crippen molar-refractivity contribution in [3.05, 3.63) is 35.6 Å². The van der Waals surface area contributed by atoms with Crippen LogP contribution in [0.2, 0.25) is 0 Å². The molecule has 0 aliphatic carbocycles. The smallest absolute Gasteiger partial charge is 0.213 e. The van der Waals surface area contributed by atoms with Gasteiger partial charge >= 0.3 is 0 Å². The zero-order valence-electron chi connectivity index (χ0n) is 15.0. The second kappa shape index (κ2) is 12.4. The monoisotopic (exact) mass is 486 g/mol. The van der Waals surface area contributed by atoms with E-state index in [2.05, 4.69) is 15.6 Å². The van der Waals surface area contributed by atoms with Crippen molar-refractivity contribution in [3.63, 3.8) is 0 Å². The van der Waals surface area contributed by atoms with Gasteiger partial charge in [0, 0.05) is 33.7 Å². The Morgan fingerprint density at radius 1 is 1.24 bits per heavy atom. The van der Waals surface area contributed by atoms with E-state index in [0.29, 0.717) is 44.0 Å². The van der Waals surface area contributed by atoms with Crippen LogP contribution in [0.3, 0.4) is 0 Å². The Labute approximate surface area is 167 Å². The molecule has 0 saturated carbocycles. The molecule has 6 nitrogen and oxygen atoms in total. The highest BCUT2D eigenvalue weighted by atomic mass is 127. The van der Waals surface area contributed by atoms with Crippen LogP contribution >= 0.6 is 24.0 Å². The lowest BCUT2D eigenvalue weighted by molar-refractivity contribution is 0.461. The molecule has 0 fully saturated rings. The number of aliphatic imine (C=N–C) groups is 1. The average molecular weight is 486 g/mol. The van der Waals surface area contributed by atoms with Gasteiger partial charge in [-0.1, -0.05) is 18.2 Å². The van der Waals surface area contributed by atoms with Crippen LogP contribution in [0.5, 0.6) is 0 Å². The topological polar surface area (TPSA) is 73.8 Å². The zero-order valence-corrected chi connectivity index (χ0v) is 18.1. The number of benzene rings is 1. The molecule has 0 aliphatic rings. The van der Waals surface area contributed by atoms with Gasteiger partial charge in [-0.05, 0) is 31.4 Å². The summed E-state index contributed by atoms with van der Waals surface area (Å²) in [7, 11) is 0.113. The molecule has 0 amide bonds. The molecule has 9 heteroatoms. The minimum Gasteiger partial charge on any atom is -0.356 e. The molecular formula is C16H28FIN4O2S. The fraction of sp³-hybridized carbons (Fsp3) is 0.562. The number of nitrogens with one attached hydrogen (secondary N) is 2. The molecule has 25 heavy (non-hydrogen) atoms. The van der Waals surface area contributed by atoms with Gasteiger partial charge in [0.2, 0.25) is 10.0 Å². The van der Waals surface area contributed by atoms with Gasteiger partial charge in [0.25, 0.3) is 0 Å². The van der Waals surface area contributed by atoms with Crippen LogP contribution in [-0.2, 0) is 16.4 Å². The van der Waals surface area contributed by atoms with Crippen LogP contribution in [-0.4, -0.2) is 58.2 Å². The van der Waals surface area contributed by atoms with Gasteiger partial charge < -0.3 is 10.6 Å². The molecule has 0 aromatic heterocycles. The van der Waals surface area contributed by atoms with E-state index in [1.807, 2.05) is 6.07 Å². The second-order valence-corrected chi connectivity index (χ2v) is 7.71. The number of hydrogen-bond donors (Lipinski definition) is 2. The zero-order chi connectivity index (χ0) is 18.0. The van der Waals surface area contributed by atoms with Gasteiger partial charge in [-0.15, -0.1) is 24.0 Å². The average Bonchev–Trinajstić information content (AvgIpc) is 2.58. The van der Waals surface area contributed by atoms with Crippen molar-refractivity contribution in [3.8, 4) is 0 Å². The highest BCUT2D eigenvalue weighted by Gasteiger charge is 2.13. The maximum Gasteiger partial charge on any atom is 0.213 e. The molecular weight excluding hydrogens is 458 g/mol. The Hall–Kier alpha value is -0.940. The number of sulfonamides is 1. The fourth-order valence-electron chi connectivity index (χ4n) is 2.11. The van der Waals surface area contributed by atoms with Gasteiger partial charge in [-0.2, -0.15) is 0 Å². The van der Waals surface area contributed by atoms with Crippen LogP contribution in [0.1, 0.15) is 18.9 Å².